The van der Waals surface area contributed by atoms with Gasteiger partial charge in [-0.1, -0.05) is 6.07 Å². The van der Waals surface area contributed by atoms with Gasteiger partial charge in [0.25, 0.3) is 0 Å². The molecule has 20 heavy (non-hydrogen) atoms. The van der Waals surface area contributed by atoms with E-state index in [9.17, 15) is 13.9 Å². The Morgan fingerprint density at radius 3 is 2.30 bits per heavy atom. The van der Waals surface area contributed by atoms with E-state index in [2.05, 4.69) is 23.9 Å². The van der Waals surface area contributed by atoms with Crippen molar-refractivity contribution in [1.82, 2.24) is 9.80 Å². The molecule has 3 nitrogen and oxygen atoms in total. The van der Waals surface area contributed by atoms with E-state index < -0.39 is 17.7 Å². The van der Waals surface area contributed by atoms with Crippen molar-refractivity contribution in [2.75, 3.05) is 33.7 Å². The maximum Gasteiger partial charge on any atom is 0.131 e. The van der Waals surface area contributed by atoms with E-state index in [1.54, 1.807) is 0 Å². The van der Waals surface area contributed by atoms with Gasteiger partial charge in [0, 0.05) is 12.6 Å². The first-order chi connectivity index (χ1) is 9.49. The highest BCUT2D eigenvalue weighted by Crippen LogP contribution is 2.23. The first kappa shape index (κ1) is 15.4. The summed E-state index contributed by atoms with van der Waals surface area (Å²) in [4.78, 5) is 4.26. The Labute approximate surface area is 118 Å². The molecule has 1 heterocycles. The summed E-state index contributed by atoms with van der Waals surface area (Å²) in [5.41, 5.74) is -0.220. The number of halogens is 2. The maximum atomic E-state index is 13.6. The van der Waals surface area contributed by atoms with Gasteiger partial charge in [-0.2, -0.15) is 0 Å². The van der Waals surface area contributed by atoms with Gasteiger partial charge in [0.05, 0.1) is 11.7 Å². The molecule has 0 bridgehead atoms. The van der Waals surface area contributed by atoms with Crippen molar-refractivity contribution in [3.05, 3.63) is 35.4 Å². The van der Waals surface area contributed by atoms with E-state index >= 15 is 0 Å². The predicted octanol–water partition coefficient (Wildman–Crippen LogP) is 2.02. The molecule has 1 aromatic carbocycles. The summed E-state index contributed by atoms with van der Waals surface area (Å²) in [6.45, 7) is 1.96. The van der Waals surface area contributed by atoms with Gasteiger partial charge in [-0.3, -0.25) is 0 Å². The minimum absolute atomic E-state index is 0.220. The molecular weight excluding hydrogens is 262 g/mol. The SMILES string of the molecule is CN(C)C1CCN(CC(O)c2c(F)cccc2F)CC1. The Bertz CT molecular complexity index is 425. The lowest BCUT2D eigenvalue weighted by atomic mass is 10.0. The van der Waals surface area contributed by atoms with Crippen molar-refractivity contribution in [1.29, 1.82) is 0 Å². The van der Waals surface area contributed by atoms with E-state index in [0.29, 0.717) is 6.04 Å². The predicted molar refractivity (Wildman–Crippen MR) is 74.5 cm³/mol. The van der Waals surface area contributed by atoms with Crippen LogP contribution in [-0.2, 0) is 0 Å². The molecule has 1 saturated heterocycles. The molecule has 0 amide bonds. The van der Waals surface area contributed by atoms with Crippen LogP contribution in [0.1, 0.15) is 24.5 Å². The van der Waals surface area contributed by atoms with Crippen LogP contribution in [0, 0.1) is 11.6 Å². The molecule has 1 atom stereocenters. The Morgan fingerprint density at radius 1 is 1.25 bits per heavy atom. The second-order valence-corrected chi connectivity index (χ2v) is 5.65. The van der Waals surface area contributed by atoms with Crippen LogP contribution in [0.15, 0.2) is 18.2 Å². The first-order valence-electron chi connectivity index (χ1n) is 6.99. The average molecular weight is 284 g/mol. The van der Waals surface area contributed by atoms with Crippen LogP contribution in [0.3, 0.4) is 0 Å². The Balaban J connectivity index is 1.94. The first-order valence-corrected chi connectivity index (χ1v) is 6.99. The fourth-order valence-electron chi connectivity index (χ4n) is 2.78. The number of piperidine rings is 1. The molecule has 1 N–H and O–H groups in total. The molecule has 112 valence electrons. The van der Waals surface area contributed by atoms with Gasteiger partial charge in [-0.25, -0.2) is 8.78 Å². The molecule has 2 rings (SSSR count). The van der Waals surface area contributed by atoms with Gasteiger partial charge >= 0.3 is 0 Å². The summed E-state index contributed by atoms with van der Waals surface area (Å²) >= 11 is 0. The highest BCUT2D eigenvalue weighted by molar-refractivity contribution is 5.22. The van der Waals surface area contributed by atoms with Crippen LogP contribution < -0.4 is 0 Å². The zero-order chi connectivity index (χ0) is 14.7. The van der Waals surface area contributed by atoms with Crippen molar-refractivity contribution < 1.29 is 13.9 Å². The molecule has 1 fully saturated rings. The summed E-state index contributed by atoms with van der Waals surface area (Å²) in [6.07, 6.45) is 0.908. The molecule has 0 aromatic heterocycles. The smallest absolute Gasteiger partial charge is 0.131 e. The van der Waals surface area contributed by atoms with Gasteiger partial charge in [0.2, 0.25) is 0 Å². The zero-order valence-corrected chi connectivity index (χ0v) is 12.0. The van der Waals surface area contributed by atoms with Crippen molar-refractivity contribution in [2.24, 2.45) is 0 Å². The quantitative estimate of drug-likeness (QED) is 0.916. The molecule has 0 radical (unpaired) electrons. The van der Waals surface area contributed by atoms with Crippen LogP contribution in [0.5, 0.6) is 0 Å². The van der Waals surface area contributed by atoms with E-state index in [4.69, 9.17) is 0 Å². The van der Waals surface area contributed by atoms with Crippen molar-refractivity contribution >= 4 is 0 Å². The van der Waals surface area contributed by atoms with Gasteiger partial charge in [-0.05, 0) is 52.2 Å². The second-order valence-electron chi connectivity index (χ2n) is 5.65. The zero-order valence-electron chi connectivity index (χ0n) is 12.0. The molecular formula is C15H22F2N2O. The average Bonchev–Trinajstić information content (AvgIpc) is 2.39. The third-order valence-electron chi connectivity index (χ3n) is 4.05. The molecule has 0 aliphatic carbocycles. The molecule has 1 aromatic rings. The normalized spacial score (nSPS) is 19.5. The minimum Gasteiger partial charge on any atom is -0.387 e. The third-order valence-corrected chi connectivity index (χ3v) is 4.05. The number of rotatable bonds is 4. The Hall–Kier alpha value is -1.04. The topological polar surface area (TPSA) is 26.7 Å². The lowest BCUT2D eigenvalue weighted by Crippen LogP contribution is -2.43. The number of nitrogens with zero attached hydrogens (tertiary/aromatic N) is 2. The van der Waals surface area contributed by atoms with E-state index in [1.165, 1.54) is 18.2 Å². The summed E-state index contributed by atoms with van der Waals surface area (Å²) in [5.74, 6) is -1.36. The molecule has 1 aliphatic heterocycles. The summed E-state index contributed by atoms with van der Waals surface area (Å²) in [5, 5.41) is 10.1. The number of β-amino-alcohol motifs (C(OH)–C–C–N with tert-alkyl or cyclic N) is 1. The van der Waals surface area contributed by atoms with Crippen LogP contribution >= 0.6 is 0 Å². The molecule has 1 aliphatic rings. The van der Waals surface area contributed by atoms with Crippen LogP contribution in [0.2, 0.25) is 0 Å². The standard InChI is InChI=1S/C15H22F2N2O/c1-18(2)11-6-8-19(9-7-11)10-14(20)15-12(16)4-3-5-13(15)17/h3-5,11,14,20H,6-10H2,1-2H3. The van der Waals surface area contributed by atoms with E-state index in [0.717, 1.165) is 25.9 Å². The van der Waals surface area contributed by atoms with Gasteiger partial charge < -0.3 is 14.9 Å². The minimum atomic E-state index is -1.12. The number of likely N-dealkylation sites (tertiary alicyclic amines) is 1. The highest BCUT2D eigenvalue weighted by atomic mass is 19.1. The van der Waals surface area contributed by atoms with E-state index in [1.807, 2.05) is 0 Å². The van der Waals surface area contributed by atoms with Gasteiger partial charge in [0.15, 0.2) is 0 Å². The Morgan fingerprint density at radius 2 is 1.80 bits per heavy atom. The largest absolute Gasteiger partial charge is 0.387 e. The van der Waals surface area contributed by atoms with Crippen molar-refractivity contribution in [3.8, 4) is 0 Å². The summed E-state index contributed by atoms with van der Waals surface area (Å²) in [6, 6.07) is 4.22. The Kier molecular flexibility index (Phi) is 5.07. The molecule has 0 spiro atoms. The van der Waals surface area contributed by atoms with Crippen molar-refractivity contribution in [3.63, 3.8) is 0 Å². The molecule has 0 saturated carbocycles. The second kappa shape index (κ2) is 6.61. The fraction of sp³-hybridized carbons (Fsp3) is 0.600. The number of aliphatic hydroxyl groups excluding tert-OH is 1. The highest BCUT2D eigenvalue weighted by Gasteiger charge is 2.25. The monoisotopic (exact) mass is 284 g/mol. The maximum absolute atomic E-state index is 13.6. The number of hydrogen-bond donors (Lipinski definition) is 1. The van der Waals surface area contributed by atoms with Crippen LogP contribution in [-0.4, -0.2) is 54.7 Å². The molecule has 1 unspecified atom stereocenters. The van der Waals surface area contributed by atoms with Crippen molar-refractivity contribution in [2.45, 2.75) is 25.0 Å². The van der Waals surface area contributed by atoms with Gasteiger partial charge in [0.1, 0.15) is 11.6 Å². The fourth-order valence-corrected chi connectivity index (χ4v) is 2.78. The lowest BCUT2D eigenvalue weighted by Gasteiger charge is -2.36. The van der Waals surface area contributed by atoms with Crippen LogP contribution in [0.4, 0.5) is 8.78 Å². The van der Waals surface area contributed by atoms with Gasteiger partial charge in [-0.15, -0.1) is 0 Å². The number of hydrogen-bond acceptors (Lipinski definition) is 3. The molecule has 5 heteroatoms. The summed E-state index contributed by atoms with van der Waals surface area (Å²) < 4.78 is 27.2. The number of aliphatic hydroxyl groups is 1. The lowest BCUT2D eigenvalue weighted by molar-refractivity contribution is 0.0760. The summed E-state index contributed by atoms with van der Waals surface area (Å²) in [7, 11) is 4.12. The van der Waals surface area contributed by atoms with Crippen LogP contribution in [0.25, 0.3) is 0 Å². The third kappa shape index (κ3) is 3.53. The van der Waals surface area contributed by atoms with E-state index in [-0.39, 0.29) is 12.1 Å². The number of benzene rings is 1.